The van der Waals surface area contributed by atoms with Gasteiger partial charge in [-0.05, 0) is 17.7 Å². The van der Waals surface area contributed by atoms with Crippen LogP contribution in [0.4, 0.5) is 18.9 Å². The molecular formula is C14H15F3N2O3. The van der Waals surface area contributed by atoms with Crippen molar-refractivity contribution in [1.82, 2.24) is 4.90 Å². The van der Waals surface area contributed by atoms with E-state index in [-0.39, 0.29) is 6.42 Å². The maximum atomic E-state index is 12.9. The lowest BCUT2D eigenvalue weighted by atomic mass is 9.96. The highest BCUT2D eigenvalue weighted by Gasteiger charge is 2.53. The third kappa shape index (κ3) is 3.49. The number of benzene rings is 1. The summed E-state index contributed by atoms with van der Waals surface area (Å²) in [6, 6.07) is 6.40. The zero-order chi connectivity index (χ0) is 16.5. The molecule has 120 valence electrons. The van der Waals surface area contributed by atoms with Gasteiger partial charge in [-0.2, -0.15) is 13.2 Å². The summed E-state index contributed by atoms with van der Waals surface area (Å²) in [5, 5.41) is 8.91. The number of carbonyl (C=O) groups excluding carboxylic acids is 1. The Morgan fingerprint density at radius 2 is 1.82 bits per heavy atom. The Labute approximate surface area is 124 Å². The molecule has 1 aromatic rings. The normalized spacial score (nSPS) is 21.9. The maximum Gasteiger partial charge on any atom is 0.394 e. The number of rotatable bonds is 3. The molecule has 2 rings (SSSR count). The van der Waals surface area contributed by atoms with Crippen molar-refractivity contribution < 1.29 is 27.9 Å². The molecule has 3 N–H and O–H groups in total. The van der Waals surface area contributed by atoms with Crippen molar-refractivity contribution in [2.45, 2.75) is 12.6 Å². The number of anilines is 1. The molecule has 0 bridgehead atoms. The predicted octanol–water partition coefficient (Wildman–Crippen LogP) is 1.53. The Morgan fingerprint density at radius 1 is 1.23 bits per heavy atom. The largest absolute Gasteiger partial charge is 0.481 e. The fourth-order valence-electron chi connectivity index (χ4n) is 2.51. The Hall–Kier alpha value is -2.25. The Kier molecular flexibility index (Phi) is 4.30. The molecule has 1 aliphatic rings. The summed E-state index contributed by atoms with van der Waals surface area (Å²) in [4.78, 5) is 24.0. The van der Waals surface area contributed by atoms with E-state index >= 15 is 0 Å². The van der Waals surface area contributed by atoms with Crippen molar-refractivity contribution in [2.24, 2.45) is 11.8 Å². The van der Waals surface area contributed by atoms with Crippen LogP contribution in [0.1, 0.15) is 5.56 Å². The second-order valence-corrected chi connectivity index (χ2v) is 5.31. The number of nitrogens with two attached hydrogens (primary N) is 1. The molecule has 8 heteroatoms. The number of likely N-dealkylation sites (tertiary alicyclic amines) is 1. The maximum absolute atomic E-state index is 12.9. The van der Waals surface area contributed by atoms with E-state index in [0.717, 1.165) is 4.90 Å². The van der Waals surface area contributed by atoms with Crippen molar-refractivity contribution >= 4 is 17.6 Å². The summed E-state index contributed by atoms with van der Waals surface area (Å²) < 4.78 is 38.6. The van der Waals surface area contributed by atoms with Crippen LogP contribution in [-0.4, -0.2) is 41.1 Å². The first-order valence-corrected chi connectivity index (χ1v) is 6.60. The van der Waals surface area contributed by atoms with Gasteiger partial charge in [0.25, 0.3) is 0 Å². The van der Waals surface area contributed by atoms with Crippen LogP contribution in [0.5, 0.6) is 0 Å². The molecule has 1 amide bonds. The molecule has 1 aliphatic heterocycles. The van der Waals surface area contributed by atoms with Crippen molar-refractivity contribution in [3.63, 3.8) is 0 Å². The third-order valence-corrected chi connectivity index (χ3v) is 3.75. The summed E-state index contributed by atoms with van der Waals surface area (Å²) in [5.74, 6) is -5.70. The molecule has 0 saturated carbocycles. The highest BCUT2D eigenvalue weighted by Crippen LogP contribution is 2.37. The second-order valence-electron chi connectivity index (χ2n) is 5.31. The van der Waals surface area contributed by atoms with Gasteiger partial charge in [-0.15, -0.1) is 0 Å². The van der Waals surface area contributed by atoms with Crippen LogP contribution in [0.2, 0.25) is 0 Å². The standard InChI is InChI=1S/C14H15F3N2O3/c15-14(16,17)11-7-19(6-10(11)13(21)22)12(20)5-8-1-3-9(18)4-2-8/h1-4,10-11H,5-7,18H2,(H,21,22)/t10-,11-/m1/s1. The molecular weight excluding hydrogens is 301 g/mol. The molecule has 1 fully saturated rings. The molecule has 1 saturated heterocycles. The number of nitrogens with zero attached hydrogens (tertiary/aromatic N) is 1. The molecule has 1 aromatic carbocycles. The average Bonchev–Trinajstić information content (AvgIpc) is 2.86. The van der Waals surface area contributed by atoms with E-state index in [1.165, 1.54) is 0 Å². The number of amides is 1. The number of aliphatic carboxylic acids is 1. The van der Waals surface area contributed by atoms with Gasteiger partial charge >= 0.3 is 12.1 Å². The lowest BCUT2D eigenvalue weighted by Gasteiger charge is -2.18. The van der Waals surface area contributed by atoms with Gasteiger partial charge in [0.05, 0.1) is 18.3 Å². The van der Waals surface area contributed by atoms with E-state index in [9.17, 15) is 22.8 Å². The monoisotopic (exact) mass is 316 g/mol. The minimum atomic E-state index is -4.64. The minimum absolute atomic E-state index is 0.0861. The summed E-state index contributed by atoms with van der Waals surface area (Å²) in [6.07, 6.45) is -4.73. The number of carboxylic acids is 1. The number of hydrogen-bond donors (Lipinski definition) is 2. The first kappa shape index (κ1) is 16.1. The third-order valence-electron chi connectivity index (χ3n) is 3.75. The van der Waals surface area contributed by atoms with Gasteiger partial charge in [0.1, 0.15) is 0 Å². The van der Waals surface area contributed by atoms with Crippen molar-refractivity contribution in [3.05, 3.63) is 29.8 Å². The van der Waals surface area contributed by atoms with E-state index in [4.69, 9.17) is 10.8 Å². The van der Waals surface area contributed by atoms with Gasteiger partial charge in [-0.1, -0.05) is 12.1 Å². The number of hydrogen-bond acceptors (Lipinski definition) is 3. The van der Waals surface area contributed by atoms with E-state index in [1.807, 2.05) is 0 Å². The van der Waals surface area contributed by atoms with Gasteiger partial charge in [0.15, 0.2) is 0 Å². The number of halogens is 3. The van der Waals surface area contributed by atoms with Crippen molar-refractivity contribution in [1.29, 1.82) is 0 Å². The van der Waals surface area contributed by atoms with Gasteiger partial charge < -0.3 is 15.7 Å². The Morgan fingerprint density at radius 3 is 2.27 bits per heavy atom. The quantitative estimate of drug-likeness (QED) is 0.829. The first-order valence-electron chi connectivity index (χ1n) is 6.60. The van der Waals surface area contributed by atoms with Crippen LogP contribution in [0.25, 0.3) is 0 Å². The lowest BCUT2D eigenvalue weighted by Crippen LogP contribution is -2.34. The number of nitrogen functional groups attached to an aromatic ring is 1. The van der Waals surface area contributed by atoms with Gasteiger partial charge in [-0.3, -0.25) is 9.59 Å². The second kappa shape index (κ2) is 5.86. The molecule has 5 nitrogen and oxygen atoms in total. The summed E-state index contributed by atoms with van der Waals surface area (Å²) >= 11 is 0. The first-order chi connectivity index (χ1) is 10.2. The Bertz CT molecular complexity index is 572. The summed E-state index contributed by atoms with van der Waals surface area (Å²) in [7, 11) is 0. The fraction of sp³-hybridized carbons (Fsp3) is 0.429. The van der Waals surface area contributed by atoms with Gasteiger partial charge in [0, 0.05) is 18.8 Å². The van der Waals surface area contributed by atoms with E-state index in [2.05, 4.69) is 0 Å². The lowest BCUT2D eigenvalue weighted by molar-refractivity contribution is -0.188. The van der Waals surface area contributed by atoms with Crippen LogP contribution >= 0.6 is 0 Å². The molecule has 0 radical (unpaired) electrons. The van der Waals surface area contributed by atoms with E-state index < -0.39 is 43.0 Å². The van der Waals surface area contributed by atoms with Gasteiger partial charge in [-0.25, -0.2) is 0 Å². The highest BCUT2D eigenvalue weighted by molar-refractivity contribution is 5.81. The topological polar surface area (TPSA) is 83.6 Å². The Balaban J connectivity index is 2.08. The van der Waals surface area contributed by atoms with E-state index in [0.29, 0.717) is 11.3 Å². The zero-order valence-corrected chi connectivity index (χ0v) is 11.5. The SMILES string of the molecule is Nc1ccc(CC(=O)N2C[C@@H](C(F)(F)F)[C@H](C(=O)O)C2)cc1. The molecule has 1 heterocycles. The summed E-state index contributed by atoms with van der Waals surface area (Å²) in [5.41, 5.74) is 6.64. The van der Waals surface area contributed by atoms with Gasteiger partial charge in [0.2, 0.25) is 5.91 Å². The average molecular weight is 316 g/mol. The molecule has 0 unspecified atom stereocenters. The zero-order valence-electron chi connectivity index (χ0n) is 11.5. The molecule has 22 heavy (non-hydrogen) atoms. The molecule has 0 aromatic heterocycles. The van der Waals surface area contributed by atoms with Crippen LogP contribution in [-0.2, 0) is 16.0 Å². The molecule has 2 atom stereocenters. The van der Waals surface area contributed by atoms with Crippen molar-refractivity contribution in [3.8, 4) is 0 Å². The smallest absolute Gasteiger partial charge is 0.394 e. The predicted molar refractivity (Wildman–Crippen MR) is 71.8 cm³/mol. The number of carbonyl (C=O) groups is 2. The van der Waals surface area contributed by atoms with Crippen LogP contribution in [0, 0.1) is 11.8 Å². The molecule has 0 aliphatic carbocycles. The highest BCUT2D eigenvalue weighted by atomic mass is 19.4. The van der Waals surface area contributed by atoms with E-state index in [1.54, 1.807) is 24.3 Å². The van der Waals surface area contributed by atoms with Crippen molar-refractivity contribution in [2.75, 3.05) is 18.8 Å². The summed E-state index contributed by atoms with van der Waals surface area (Å²) in [6.45, 7) is -1.04. The number of carboxylic acid groups (broad SMARTS) is 1. The van der Waals surface area contributed by atoms with Crippen LogP contribution in [0.15, 0.2) is 24.3 Å². The minimum Gasteiger partial charge on any atom is -0.481 e. The van der Waals surface area contributed by atoms with Crippen LogP contribution in [0.3, 0.4) is 0 Å². The fourth-order valence-corrected chi connectivity index (χ4v) is 2.51. The van der Waals surface area contributed by atoms with Crippen LogP contribution < -0.4 is 5.73 Å². The molecule has 0 spiro atoms. The number of alkyl halides is 3.